The van der Waals surface area contributed by atoms with Crippen LogP contribution in [0, 0.1) is 28.6 Å². The van der Waals surface area contributed by atoms with Crippen molar-refractivity contribution >= 4 is 17.4 Å². The highest BCUT2D eigenvalue weighted by Gasteiger charge is 2.57. The van der Waals surface area contributed by atoms with Gasteiger partial charge in [-0.05, 0) is 67.3 Å². The summed E-state index contributed by atoms with van der Waals surface area (Å²) in [5.41, 5.74) is 1.35. The molecule has 4 aliphatic rings. The van der Waals surface area contributed by atoms with Crippen molar-refractivity contribution in [3.05, 3.63) is 22.8 Å². The van der Waals surface area contributed by atoms with E-state index in [0.29, 0.717) is 29.2 Å². The second-order valence-corrected chi connectivity index (χ2v) is 9.07. The minimum absolute atomic E-state index is 0.0295. The number of aliphatic hydroxyl groups excluding tert-OH is 1. The van der Waals surface area contributed by atoms with Gasteiger partial charge in [-0.2, -0.15) is 0 Å². The van der Waals surface area contributed by atoms with Gasteiger partial charge in [0.25, 0.3) is 0 Å². The first kappa shape index (κ1) is 15.9. The molecule has 0 spiro atoms. The molecule has 0 unspecified atom stereocenters. The summed E-state index contributed by atoms with van der Waals surface area (Å²) in [5, 5.41) is 11.1. The van der Waals surface area contributed by atoms with E-state index in [1.807, 2.05) is 0 Å². The smallest absolute Gasteiger partial charge is 0.174 e. The molecule has 0 aromatic heterocycles. The molecule has 0 aromatic rings. The van der Waals surface area contributed by atoms with Gasteiger partial charge in [-0.1, -0.05) is 37.6 Å². The fourth-order valence-electron chi connectivity index (χ4n) is 6.30. The molecular weight excluding hydrogens is 308 g/mol. The summed E-state index contributed by atoms with van der Waals surface area (Å²) >= 11 is 6.43. The first-order chi connectivity index (χ1) is 10.9. The van der Waals surface area contributed by atoms with Crippen LogP contribution in [0.25, 0.3) is 0 Å². The van der Waals surface area contributed by atoms with Crippen molar-refractivity contribution in [3.63, 3.8) is 0 Å². The van der Waals surface area contributed by atoms with Crippen molar-refractivity contribution in [2.24, 2.45) is 28.6 Å². The zero-order chi connectivity index (χ0) is 16.4. The van der Waals surface area contributed by atoms with E-state index in [2.05, 4.69) is 26.0 Å². The third-order valence-electron chi connectivity index (χ3n) is 7.81. The lowest BCUT2D eigenvalue weighted by atomic mass is 9.45. The molecule has 2 saturated carbocycles. The number of allylic oxidation sites excluding steroid dienone is 3. The van der Waals surface area contributed by atoms with Crippen LogP contribution >= 0.6 is 11.6 Å². The average molecular weight is 335 g/mol. The SMILES string of the molecule is C[C@]12CC[C@H]3[C@@H](CCC4=C(Cl)C(=O)CC[C@@]43C)[C@@H]1C=CC[C@@H]2O. The van der Waals surface area contributed by atoms with Crippen LogP contribution in [-0.4, -0.2) is 17.0 Å². The maximum atomic E-state index is 12.0. The summed E-state index contributed by atoms with van der Waals surface area (Å²) in [6, 6.07) is 0. The molecule has 4 rings (SSSR count). The molecule has 0 aromatic carbocycles. The first-order valence-corrected chi connectivity index (χ1v) is 9.53. The number of hydrogen-bond donors (Lipinski definition) is 1. The summed E-state index contributed by atoms with van der Waals surface area (Å²) < 4.78 is 0. The summed E-state index contributed by atoms with van der Waals surface area (Å²) in [5.74, 6) is 1.83. The number of halogens is 1. The summed E-state index contributed by atoms with van der Waals surface area (Å²) in [4.78, 5) is 12.0. The van der Waals surface area contributed by atoms with Gasteiger partial charge in [0.1, 0.15) is 0 Å². The molecule has 23 heavy (non-hydrogen) atoms. The molecule has 2 nitrogen and oxygen atoms in total. The average Bonchev–Trinajstić information content (AvgIpc) is 2.52. The monoisotopic (exact) mass is 334 g/mol. The fourth-order valence-corrected chi connectivity index (χ4v) is 6.71. The van der Waals surface area contributed by atoms with Gasteiger partial charge in [-0.25, -0.2) is 0 Å². The van der Waals surface area contributed by atoms with Crippen LogP contribution < -0.4 is 0 Å². The number of fused-ring (bicyclic) bond motifs is 5. The van der Waals surface area contributed by atoms with Gasteiger partial charge in [-0.3, -0.25) is 4.79 Å². The topological polar surface area (TPSA) is 37.3 Å². The van der Waals surface area contributed by atoms with Gasteiger partial charge in [-0.15, -0.1) is 0 Å². The molecule has 3 heteroatoms. The molecular formula is C20H27ClO2. The van der Waals surface area contributed by atoms with Crippen LogP contribution in [0.1, 0.15) is 58.8 Å². The molecule has 4 aliphatic carbocycles. The van der Waals surface area contributed by atoms with Gasteiger partial charge in [0, 0.05) is 11.8 Å². The van der Waals surface area contributed by atoms with Crippen LogP contribution in [0.5, 0.6) is 0 Å². The van der Waals surface area contributed by atoms with Crippen LogP contribution in [-0.2, 0) is 4.79 Å². The molecule has 0 aliphatic heterocycles. The number of ketones is 1. The first-order valence-electron chi connectivity index (χ1n) is 9.15. The number of carbonyl (C=O) groups excluding carboxylic acids is 1. The van der Waals surface area contributed by atoms with Crippen molar-refractivity contribution in [2.75, 3.05) is 0 Å². The second-order valence-electron chi connectivity index (χ2n) is 8.69. The van der Waals surface area contributed by atoms with Crippen molar-refractivity contribution in [1.29, 1.82) is 0 Å². The Kier molecular flexibility index (Phi) is 3.59. The highest BCUT2D eigenvalue weighted by Crippen LogP contribution is 2.64. The molecule has 0 amide bonds. The summed E-state index contributed by atoms with van der Waals surface area (Å²) in [6.07, 6.45) is 11.0. The number of aliphatic hydroxyl groups is 1. The Labute approximate surface area is 144 Å². The third kappa shape index (κ3) is 2.07. The molecule has 0 heterocycles. The Bertz CT molecular complexity index is 607. The lowest BCUT2D eigenvalue weighted by molar-refractivity contribution is -0.119. The Morgan fingerprint density at radius 1 is 1.22 bits per heavy atom. The number of carbonyl (C=O) groups is 1. The fraction of sp³-hybridized carbons (Fsp3) is 0.750. The number of Topliss-reactive ketones (excluding diaryl/α,β-unsaturated/α-hetero) is 1. The molecule has 2 fully saturated rings. The van der Waals surface area contributed by atoms with Crippen molar-refractivity contribution in [3.8, 4) is 0 Å². The predicted octanol–water partition coefficient (Wildman–Crippen LogP) is 4.61. The van der Waals surface area contributed by atoms with E-state index in [0.717, 1.165) is 38.5 Å². The molecule has 1 N–H and O–H groups in total. The van der Waals surface area contributed by atoms with Gasteiger partial charge in [0.2, 0.25) is 0 Å². The second kappa shape index (κ2) is 5.20. The molecule has 0 bridgehead atoms. The minimum atomic E-state index is -0.209. The third-order valence-corrected chi connectivity index (χ3v) is 8.25. The van der Waals surface area contributed by atoms with E-state index in [4.69, 9.17) is 11.6 Å². The van der Waals surface area contributed by atoms with Crippen molar-refractivity contribution in [1.82, 2.24) is 0 Å². The van der Waals surface area contributed by atoms with E-state index >= 15 is 0 Å². The van der Waals surface area contributed by atoms with E-state index in [1.54, 1.807) is 0 Å². The Balaban J connectivity index is 1.74. The highest BCUT2D eigenvalue weighted by molar-refractivity contribution is 6.43. The molecule has 0 saturated heterocycles. The van der Waals surface area contributed by atoms with Gasteiger partial charge in [0.05, 0.1) is 11.1 Å². The zero-order valence-electron chi connectivity index (χ0n) is 14.1. The molecule has 126 valence electrons. The molecule has 0 radical (unpaired) electrons. The Morgan fingerprint density at radius 3 is 2.78 bits per heavy atom. The van der Waals surface area contributed by atoms with Crippen LogP contribution in [0.2, 0.25) is 0 Å². The standard InChI is InChI=1S/C20H27ClO2/c1-19-11-9-16(22)18(21)15(19)7-6-12-13-4-3-5-17(23)20(13,2)10-8-14(12)19/h3-4,12-14,17,23H,5-11H2,1-2H3/t12-,13-,14-,17-,19+,20-/m0/s1. The Morgan fingerprint density at radius 2 is 2.00 bits per heavy atom. The quantitative estimate of drug-likeness (QED) is 0.657. The van der Waals surface area contributed by atoms with Crippen molar-refractivity contribution in [2.45, 2.75) is 64.9 Å². The maximum Gasteiger partial charge on any atom is 0.174 e. The van der Waals surface area contributed by atoms with Gasteiger partial charge >= 0.3 is 0 Å². The minimum Gasteiger partial charge on any atom is -0.392 e. The summed E-state index contributed by atoms with van der Waals surface area (Å²) in [7, 11) is 0. The number of hydrogen-bond acceptors (Lipinski definition) is 2. The maximum absolute atomic E-state index is 12.0. The lowest BCUT2D eigenvalue weighted by Gasteiger charge is -2.60. The lowest BCUT2D eigenvalue weighted by Crippen LogP contribution is -2.54. The van der Waals surface area contributed by atoms with E-state index in [1.165, 1.54) is 5.57 Å². The van der Waals surface area contributed by atoms with Gasteiger partial charge < -0.3 is 5.11 Å². The van der Waals surface area contributed by atoms with E-state index < -0.39 is 0 Å². The van der Waals surface area contributed by atoms with E-state index in [-0.39, 0.29) is 22.7 Å². The van der Waals surface area contributed by atoms with Gasteiger partial charge in [0.15, 0.2) is 5.78 Å². The van der Waals surface area contributed by atoms with Crippen molar-refractivity contribution < 1.29 is 9.90 Å². The highest BCUT2D eigenvalue weighted by atomic mass is 35.5. The Hall–Kier alpha value is -0.600. The zero-order valence-corrected chi connectivity index (χ0v) is 14.9. The number of rotatable bonds is 0. The largest absolute Gasteiger partial charge is 0.392 e. The summed E-state index contributed by atoms with van der Waals surface area (Å²) in [6.45, 7) is 4.63. The van der Waals surface area contributed by atoms with Crippen LogP contribution in [0.3, 0.4) is 0 Å². The normalized spacial score (nSPS) is 49.5. The van der Waals surface area contributed by atoms with Crippen LogP contribution in [0.4, 0.5) is 0 Å². The predicted molar refractivity (Wildman–Crippen MR) is 92.0 cm³/mol. The van der Waals surface area contributed by atoms with E-state index in [9.17, 15) is 9.90 Å². The molecule has 6 atom stereocenters. The van der Waals surface area contributed by atoms with Crippen LogP contribution in [0.15, 0.2) is 22.8 Å².